The average Bonchev–Trinajstić information content (AvgIpc) is 3.05. The Labute approximate surface area is 133 Å². The Kier molecular flexibility index (Phi) is 3.55. The molecule has 2 saturated carbocycles. The quantitative estimate of drug-likeness (QED) is 0.876. The first-order valence-electron chi connectivity index (χ1n) is 8.25. The van der Waals surface area contributed by atoms with Crippen molar-refractivity contribution in [3.05, 3.63) is 28.9 Å². The van der Waals surface area contributed by atoms with Gasteiger partial charge in [-0.25, -0.2) is 9.48 Å². The van der Waals surface area contributed by atoms with Crippen LogP contribution in [0.3, 0.4) is 0 Å². The third-order valence-corrected chi connectivity index (χ3v) is 4.62. The molecule has 2 aliphatic rings. The highest BCUT2D eigenvalue weighted by atomic mass is 16.3. The predicted molar refractivity (Wildman–Crippen MR) is 82.8 cm³/mol. The fourth-order valence-corrected chi connectivity index (χ4v) is 2.90. The van der Waals surface area contributed by atoms with Crippen molar-refractivity contribution in [2.75, 3.05) is 6.54 Å². The lowest BCUT2D eigenvalue weighted by atomic mass is 9.85. The molecule has 2 aliphatic carbocycles. The number of nitrogens with one attached hydrogen (secondary N) is 1. The Bertz CT molecular complexity index is 751. The van der Waals surface area contributed by atoms with Crippen LogP contribution in [0.25, 0.3) is 11.6 Å². The van der Waals surface area contributed by atoms with E-state index in [0.717, 1.165) is 32.1 Å². The molecule has 4 rings (SSSR count). The second-order valence-electron chi connectivity index (χ2n) is 6.33. The Morgan fingerprint density at radius 2 is 2.17 bits per heavy atom. The molecule has 2 aromatic heterocycles. The molecule has 0 bridgehead atoms. The first-order chi connectivity index (χ1) is 11.2. The van der Waals surface area contributed by atoms with Gasteiger partial charge in [0.2, 0.25) is 11.7 Å². The summed E-state index contributed by atoms with van der Waals surface area (Å²) < 4.78 is 8.54. The molecule has 0 atom stereocenters. The zero-order chi connectivity index (χ0) is 15.8. The van der Waals surface area contributed by atoms with Gasteiger partial charge in [-0.3, -0.25) is 9.36 Å². The van der Waals surface area contributed by atoms with Gasteiger partial charge in [-0.1, -0.05) is 6.42 Å². The highest BCUT2D eigenvalue weighted by Crippen LogP contribution is 2.36. The van der Waals surface area contributed by atoms with Gasteiger partial charge in [0.05, 0.1) is 12.8 Å². The molecule has 7 heteroatoms. The van der Waals surface area contributed by atoms with Gasteiger partial charge in [0.1, 0.15) is 0 Å². The number of carbonyl (C=O) groups is 1. The summed E-state index contributed by atoms with van der Waals surface area (Å²) in [7, 11) is 0. The molecule has 0 saturated heterocycles. The van der Waals surface area contributed by atoms with Crippen molar-refractivity contribution in [3.8, 4) is 11.6 Å². The molecule has 1 amide bonds. The van der Waals surface area contributed by atoms with Crippen molar-refractivity contribution in [2.45, 2.75) is 44.7 Å². The van der Waals surface area contributed by atoms with Crippen molar-refractivity contribution in [2.24, 2.45) is 5.92 Å². The maximum absolute atomic E-state index is 12.6. The van der Waals surface area contributed by atoms with Crippen LogP contribution in [0.1, 0.15) is 38.1 Å². The summed E-state index contributed by atoms with van der Waals surface area (Å²) >= 11 is 0. The van der Waals surface area contributed by atoms with Crippen molar-refractivity contribution in [1.82, 2.24) is 19.7 Å². The van der Waals surface area contributed by atoms with E-state index in [2.05, 4.69) is 10.4 Å². The molecule has 2 heterocycles. The number of aromatic nitrogens is 3. The molecule has 2 fully saturated rings. The minimum Gasteiger partial charge on any atom is -0.461 e. The SMILES string of the molecule is O=C(NCCn1nc(-c2ccco2)n(C2CC2)c1=O)C1CCC1. The lowest BCUT2D eigenvalue weighted by Crippen LogP contribution is -2.37. The van der Waals surface area contributed by atoms with Crippen molar-refractivity contribution in [1.29, 1.82) is 0 Å². The third-order valence-electron chi connectivity index (χ3n) is 4.62. The fourth-order valence-electron chi connectivity index (χ4n) is 2.90. The first-order valence-corrected chi connectivity index (χ1v) is 8.25. The molecule has 0 aliphatic heterocycles. The van der Waals surface area contributed by atoms with E-state index in [1.165, 1.54) is 4.68 Å². The van der Waals surface area contributed by atoms with Crippen LogP contribution in [0, 0.1) is 5.92 Å². The van der Waals surface area contributed by atoms with Crippen molar-refractivity contribution < 1.29 is 9.21 Å². The van der Waals surface area contributed by atoms with Gasteiger partial charge in [0.25, 0.3) is 0 Å². The molecule has 7 nitrogen and oxygen atoms in total. The second-order valence-corrected chi connectivity index (χ2v) is 6.33. The van der Waals surface area contributed by atoms with Gasteiger partial charge in [0, 0.05) is 18.5 Å². The zero-order valence-corrected chi connectivity index (χ0v) is 12.9. The highest BCUT2D eigenvalue weighted by molar-refractivity contribution is 5.79. The maximum atomic E-state index is 12.6. The lowest BCUT2D eigenvalue weighted by Gasteiger charge is -2.23. The number of amides is 1. The van der Waals surface area contributed by atoms with E-state index in [1.54, 1.807) is 16.9 Å². The summed E-state index contributed by atoms with van der Waals surface area (Å²) in [6.45, 7) is 0.805. The van der Waals surface area contributed by atoms with Crippen LogP contribution in [0.5, 0.6) is 0 Å². The fraction of sp³-hybridized carbons (Fsp3) is 0.562. The van der Waals surface area contributed by atoms with E-state index < -0.39 is 0 Å². The molecule has 2 aromatic rings. The number of furan rings is 1. The molecule has 0 spiro atoms. The number of nitrogens with zero attached hydrogens (tertiary/aromatic N) is 3. The van der Waals surface area contributed by atoms with Gasteiger partial charge < -0.3 is 9.73 Å². The molecular formula is C16H20N4O3. The van der Waals surface area contributed by atoms with Crippen LogP contribution < -0.4 is 11.0 Å². The van der Waals surface area contributed by atoms with Crippen LogP contribution >= 0.6 is 0 Å². The summed E-state index contributed by atoms with van der Waals surface area (Å²) in [5.41, 5.74) is -0.128. The topological polar surface area (TPSA) is 82.1 Å². The normalized spacial score (nSPS) is 17.9. The Morgan fingerprint density at radius 3 is 2.78 bits per heavy atom. The van der Waals surface area contributed by atoms with E-state index in [-0.39, 0.29) is 23.6 Å². The molecular weight excluding hydrogens is 296 g/mol. The average molecular weight is 316 g/mol. The minimum atomic E-state index is -0.128. The van der Waals surface area contributed by atoms with Crippen LogP contribution in [-0.2, 0) is 11.3 Å². The summed E-state index contributed by atoms with van der Waals surface area (Å²) in [6.07, 6.45) is 6.66. The van der Waals surface area contributed by atoms with Gasteiger partial charge in [-0.2, -0.15) is 0 Å². The van der Waals surface area contributed by atoms with E-state index in [9.17, 15) is 9.59 Å². The summed E-state index contributed by atoms with van der Waals surface area (Å²) in [6, 6.07) is 3.82. The molecule has 0 unspecified atom stereocenters. The smallest absolute Gasteiger partial charge is 0.346 e. The van der Waals surface area contributed by atoms with Crippen molar-refractivity contribution >= 4 is 5.91 Å². The second kappa shape index (κ2) is 5.72. The molecule has 0 radical (unpaired) electrons. The standard InChI is InChI=1S/C16H20N4O3/c21-15(11-3-1-4-11)17-8-9-19-16(22)20(12-6-7-12)14(18-19)13-5-2-10-23-13/h2,5,10-12H,1,3-4,6-9H2,(H,17,21). The predicted octanol–water partition coefficient (Wildman–Crippen LogP) is 1.56. The number of rotatable bonds is 6. The van der Waals surface area contributed by atoms with E-state index in [0.29, 0.717) is 24.7 Å². The van der Waals surface area contributed by atoms with Crippen LogP contribution in [0.2, 0.25) is 0 Å². The van der Waals surface area contributed by atoms with Gasteiger partial charge >= 0.3 is 5.69 Å². The van der Waals surface area contributed by atoms with E-state index >= 15 is 0 Å². The monoisotopic (exact) mass is 316 g/mol. The van der Waals surface area contributed by atoms with E-state index in [4.69, 9.17) is 4.42 Å². The molecule has 122 valence electrons. The molecule has 23 heavy (non-hydrogen) atoms. The third kappa shape index (κ3) is 2.71. The first kappa shape index (κ1) is 14.3. The van der Waals surface area contributed by atoms with Gasteiger partial charge in [0.15, 0.2) is 5.76 Å². The summed E-state index contributed by atoms with van der Waals surface area (Å²) in [4.78, 5) is 24.4. The highest BCUT2D eigenvalue weighted by Gasteiger charge is 2.31. The largest absolute Gasteiger partial charge is 0.461 e. The summed E-state index contributed by atoms with van der Waals surface area (Å²) in [5, 5.41) is 7.31. The maximum Gasteiger partial charge on any atom is 0.346 e. The van der Waals surface area contributed by atoms with Crippen molar-refractivity contribution in [3.63, 3.8) is 0 Å². The lowest BCUT2D eigenvalue weighted by molar-refractivity contribution is -0.127. The summed E-state index contributed by atoms with van der Waals surface area (Å²) in [5.74, 6) is 1.44. The number of carbonyl (C=O) groups excluding carboxylic acids is 1. The Hall–Kier alpha value is -2.31. The minimum absolute atomic E-state index is 0.0946. The van der Waals surface area contributed by atoms with E-state index in [1.807, 2.05) is 6.07 Å². The Balaban J connectivity index is 1.49. The zero-order valence-electron chi connectivity index (χ0n) is 12.9. The molecule has 1 N–H and O–H groups in total. The van der Waals surface area contributed by atoms with Gasteiger partial charge in [-0.15, -0.1) is 5.10 Å². The van der Waals surface area contributed by atoms with Gasteiger partial charge in [-0.05, 0) is 37.8 Å². The van der Waals surface area contributed by atoms with Crippen LogP contribution in [0.4, 0.5) is 0 Å². The van der Waals surface area contributed by atoms with Crippen LogP contribution in [0.15, 0.2) is 27.6 Å². The number of hydrogen-bond acceptors (Lipinski definition) is 4. The number of hydrogen-bond donors (Lipinski definition) is 1. The molecule has 0 aromatic carbocycles. The van der Waals surface area contributed by atoms with Crippen LogP contribution in [-0.4, -0.2) is 26.8 Å². The Morgan fingerprint density at radius 1 is 1.35 bits per heavy atom.